The highest BCUT2D eigenvalue weighted by molar-refractivity contribution is 6.07. The van der Waals surface area contributed by atoms with E-state index in [1.54, 1.807) is 6.07 Å². The molecular formula is C31H35F4N5O3. The number of likely N-dealkylation sites (N-methyl/N-ethyl adjacent to an activating group) is 2. The molecule has 2 aliphatic heterocycles. The summed E-state index contributed by atoms with van der Waals surface area (Å²) in [5.74, 6) is -1.60. The van der Waals surface area contributed by atoms with Gasteiger partial charge in [-0.05, 0) is 57.3 Å². The van der Waals surface area contributed by atoms with Crippen LogP contribution in [-0.4, -0.2) is 79.2 Å². The number of hydrogen-bond acceptors (Lipinski definition) is 6. The SMILES string of the molecule is C[C@@H]1CN(c2cc(F)c(-c3cccc(CN(C)C4COC4)c3)cc2NC(=O)c2c[nH]c(=O)cc2C(F)(F)F)C[C@H](C)N1C. The fraction of sp³-hybridized carbons (Fsp3) is 0.419. The van der Waals surface area contributed by atoms with Crippen molar-refractivity contribution in [3.63, 3.8) is 0 Å². The number of halogens is 4. The van der Waals surface area contributed by atoms with E-state index in [4.69, 9.17) is 4.74 Å². The van der Waals surface area contributed by atoms with Gasteiger partial charge in [0.2, 0.25) is 5.56 Å². The number of alkyl halides is 3. The molecule has 3 heterocycles. The fourth-order valence-corrected chi connectivity index (χ4v) is 5.56. The maximum absolute atomic E-state index is 15.9. The number of anilines is 2. The van der Waals surface area contributed by atoms with Crippen molar-refractivity contribution in [1.29, 1.82) is 0 Å². The Labute approximate surface area is 247 Å². The van der Waals surface area contributed by atoms with Gasteiger partial charge in [0.1, 0.15) is 5.82 Å². The van der Waals surface area contributed by atoms with Gasteiger partial charge in [0.05, 0.1) is 41.8 Å². The Balaban J connectivity index is 1.55. The maximum Gasteiger partial charge on any atom is 0.417 e. The molecule has 12 heteroatoms. The summed E-state index contributed by atoms with van der Waals surface area (Å²) in [6.07, 6.45) is -4.18. The van der Waals surface area contributed by atoms with E-state index >= 15 is 4.39 Å². The lowest BCUT2D eigenvalue weighted by Crippen LogP contribution is -2.55. The largest absolute Gasteiger partial charge is 0.417 e. The van der Waals surface area contributed by atoms with Crippen LogP contribution < -0.4 is 15.8 Å². The van der Waals surface area contributed by atoms with Crippen LogP contribution in [0.15, 0.2) is 53.5 Å². The van der Waals surface area contributed by atoms with E-state index in [9.17, 15) is 22.8 Å². The van der Waals surface area contributed by atoms with Gasteiger partial charge in [-0.1, -0.05) is 18.2 Å². The van der Waals surface area contributed by atoms with Gasteiger partial charge in [-0.25, -0.2) is 4.39 Å². The highest BCUT2D eigenvalue weighted by Crippen LogP contribution is 2.37. The number of nitrogens with one attached hydrogen (secondary N) is 2. The lowest BCUT2D eigenvalue weighted by molar-refractivity contribution is -0.138. The van der Waals surface area contributed by atoms with Crippen molar-refractivity contribution in [2.24, 2.45) is 0 Å². The van der Waals surface area contributed by atoms with E-state index in [1.165, 1.54) is 12.1 Å². The quantitative estimate of drug-likeness (QED) is 0.379. The Morgan fingerprint density at radius 3 is 2.44 bits per heavy atom. The number of hydrogen-bond donors (Lipinski definition) is 2. The van der Waals surface area contributed by atoms with Crippen LogP contribution in [0.4, 0.5) is 28.9 Å². The van der Waals surface area contributed by atoms with Crippen LogP contribution in [0.2, 0.25) is 0 Å². The van der Waals surface area contributed by atoms with E-state index in [0.29, 0.717) is 56.2 Å². The maximum atomic E-state index is 15.9. The summed E-state index contributed by atoms with van der Waals surface area (Å²) in [4.78, 5) is 33.4. The number of rotatable bonds is 7. The minimum absolute atomic E-state index is 0.0980. The third kappa shape index (κ3) is 6.61. The van der Waals surface area contributed by atoms with Gasteiger partial charge < -0.3 is 19.9 Å². The van der Waals surface area contributed by atoms with Crippen LogP contribution in [0.1, 0.15) is 35.3 Å². The van der Waals surface area contributed by atoms with E-state index in [2.05, 4.69) is 20.1 Å². The van der Waals surface area contributed by atoms with Crippen molar-refractivity contribution in [3.05, 3.63) is 81.5 Å². The molecule has 0 radical (unpaired) electrons. The summed E-state index contributed by atoms with van der Waals surface area (Å²) in [7, 11) is 3.99. The summed E-state index contributed by atoms with van der Waals surface area (Å²) >= 11 is 0. The molecule has 1 amide bonds. The van der Waals surface area contributed by atoms with Gasteiger partial charge in [0.25, 0.3) is 5.91 Å². The number of amides is 1. The Kier molecular flexibility index (Phi) is 8.64. The molecule has 8 nitrogen and oxygen atoms in total. The van der Waals surface area contributed by atoms with Gasteiger partial charge >= 0.3 is 6.18 Å². The molecule has 0 spiro atoms. The van der Waals surface area contributed by atoms with Crippen molar-refractivity contribution in [2.75, 3.05) is 50.6 Å². The number of piperazine rings is 1. The molecule has 0 unspecified atom stereocenters. The molecule has 230 valence electrons. The summed E-state index contributed by atoms with van der Waals surface area (Å²) in [5, 5.41) is 2.61. The fourth-order valence-electron chi connectivity index (χ4n) is 5.56. The van der Waals surface area contributed by atoms with Gasteiger partial charge in [-0.3, -0.25) is 19.4 Å². The predicted octanol–water partition coefficient (Wildman–Crippen LogP) is 4.81. The number of aromatic nitrogens is 1. The van der Waals surface area contributed by atoms with Gasteiger partial charge in [-0.15, -0.1) is 0 Å². The summed E-state index contributed by atoms with van der Waals surface area (Å²) in [6, 6.07) is 11.0. The Hall–Kier alpha value is -3.74. The summed E-state index contributed by atoms with van der Waals surface area (Å²) in [5.41, 5.74) is -0.838. The van der Waals surface area contributed by atoms with Crippen LogP contribution in [-0.2, 0) is 17.5 Å². The molecule has 2 aliphatic rings. The normalized spacial score (nSPS) is 19.9. The number of pyridine rings is 1. The highest BCUT2D eigenvalue weighted by atomic mass is 19.4. The molecule has 0 saturated carbocycles. The first kappa shape index (κ1) is 30.7. The van der Waals surface area contributed by atoms with Gasteiger partial charge in [0, 0.05) is 49.5 Å². The average Bonchev–Trinajstić information content (AvgIpc) is 2.90. The summed E-state index contributed by atoms with van der Waals surface area (Å²) in [6.45, 7) is 7.02. The van der Waals surface area contributed by atoms with Crippen LogP contribution >= 0.6 is 0 Å². The number of aromatic amines is 1. The predicted molar refractivity (Wildman–Crippen MR) is 157 cm³/mol. The van der Waals surface area contributed by atoms with Crippen molar-refractivity contribution < 1.29 is 27.1 Å². The first-order valence-corrected chi connectivity index (χ1v) is 14.1. The molecular weight excluding hydrogens is 566 g/mol. The molecule has 2 N–H and O–H groups in total. The van der Waals surface area contributed by atoms with Crippen molar-refractivity contribution in [3.8, 4) is 11.1 Å². The average molecular weight is 602 g/mol. The molecule has 0 bridgehead atoms. The molecule has 2 aromatic carbocycles. The number of ether oxygens (including phenoxy) is 1. The molecule has 2 fully saturated rings. The van der Waals surface area contributed by atoms with Crippen LogP contribution in [0, 0.1) is 5.82 Å². The second-order valence-corrected chi connectivity index (χ2v) is 11.5. The monoisotopic (exact) mass is 601 g/mol. The van der Waals surface area contributed by atoms with Crippen molar-refractivity contribution >= 4 is 17.3 Å². The number of benzene rings is 2. The zero-order valence-corrected chi connectivity index (χ0v) is 24.5. The molecule has 2 atom stereocenters. The minimum Gasteiger partial charge on any atom is -0.378 e. The topological polar surface area (TPSA) is 80.9 Å². The standard InChI is InChI=1S/C31H35F4N5O3/c1-18-13-40(14-19(2)39(18)4)28-11-26(32)23(21-7-5-6-20(8-21)15-38(3)22-16-43-17-22)9-27(28)37-30(42)24-12-36-29(41)10-25(24)31(33,34)35/h5-12,18-19,22H,13-17H2,1-4H3,(H,36,41)(H,37,42)/t18-,19+. The zero-order valence-electron chi connectivity index (χ0n) is 24.5. The first-order chi connectivity index (χ1) is 20.3. The number of H-pyrrole nitrogens is 1. The molecule has 5 rings (SSSR count). The number of nitrogens with zero attached hydrogens (tertiary/aromatic N) is 3. The Bertz CT molecular complexity index is 1540. The third-order valence-electron chi connectivity index (χ3n) is 8.42. The van der Waals surface area contributed by atoms with Gasteiger partial charge in [0.15, 0.2) is 0 Å². The van der Waals surface area contributed by atoms with Gasteiger partial charge in [-0.2, -0.15) is 13.2 Å². The number of carbonyl (C=O) groups is 1. The van der Waals surface area contributed by atoms with E-state index in [0.717, 1.165) is 11.8 Å². The third-order valence-corrected chi connectivity index (χ3v) is 8.42. The number of carbonyl (C=O) groups excluding carboxylic acids is 1. The molecule has 0 aliphatic carbocycles. The van der Waals surface area contributed by atoms with E-state index in [1.807, 2.05) is 51.0 Å². The molecule has 3 aromatic rings. The van der Waals surface area contributed by atoms with Crippen molar-refractivity contribution in [1.82, 2.24) is 14.8 Å². The smallest absolute Gasteiger partial charge is 0.378 e. The van der Waals surface area contributed by atoms with Crippen LogP contribution in [0.5, 0.6) is 0 Å². The van der Waals surface area contributed by atoms with Crippen LogP contribution in [0.25, 0.3) is 11.1 Å². The second kappa shape index (κ2) is 12.1. The first-order valence-electron chi connectivity index (χ1n) is 14.1. The lowest BCUT2D eigenvalue weighted by atomic mass is 9.99. The van der Waals surface area contributed by atoms with E-state index in [-0.39, 0.29) is 23.3 Å². The van der Waals surface area contributed by atoms with Crippen molar-refractivity contribution in [2.45, 2.75) is 44.7 Å². The van der Waals surface area contributed by atoms with E-state index < -0.39 is 34.6 Å². The molecule has 2 saturated heterocycles. The summed E-state index contributed by atoms with van der Waals surface area (Å²) < 4.78 is 62.4. The Morgan fingerprint density at radius 2 is 1.81 bits per heavy atom. The second-order valence-electron chi connectivity index (χ2n) is 11.5. The zero-order chi connectivity index (χ0) is 31.1. The van der Waals surface area contributed by atoms with Crippen LogP contribution in [0.3, 0.4) is 0 Å². The Morgan fingerprint density at radius 1 is 1.12 bits per heavy atom. The molecule has 1 aromatic heterocycles. The minimum atomic E-state index is -4.93. The lowest BCUT2D eigenvalue weighted by Gasteiger charge is -2.44. The highest BCUT2D eigenvalue weighted by Gasteiger charge is 2.36. The molecule has 43 heavy (non-hydrogen) atoms.